The van der Waals surface area contributed by atoms with Crippen molar-refractivity contribution in [3.8, 4) is 0 Å². The van der Waals surface area contributed by atoms with Crippen LogP contribution in [0.4, 0.5) is 0 Å². The zero-order valence-electron chi connectivity index (χ0n) is 17.5. The summed E-state index contributed by atoms with van der Waals surface area (Å²) in [6, 6.07) is 10.4. The Hall–Kier alpha value is -1.20. The van der Waals surface area contributed by atoms with E-state index >= 15 is 0 Å². The number of hydroxylamine groups is 2. The van der Waals surface area contributed by atoms with Gasteiger partial charge in [0.2, 0.25) is 0 Å². The zero-order chi connectivity index (χ0) is 19.5. The molecule has 0 aliphatic carbocycles. The van der Waals surface area contributed by atoms with Gasteiger partial charge in [0.15, 0.2) is 5.79 Å². The van der Waals surface area contributed by atoms with Gasteiger partial charge < -0.3 is 9.47 Å². The van der Waals surface area contributed by atoms with E-state index in [0.29, 0.717) is 13.2 Å². The predicted octanol–water partition coefficient (Wildman–Crippen LogP) is 5.41. The number of ether oxygens (including phenoxy) is 2. The normalized spacial score (nSPS) is 25.2. The molecule has 150 valence electrons. The van der Waals surface area contributed by atoms with Gasteiger partial charge in [-0.1, -0.05) is 56.3 Å². The maximum Gasteiger partial charge on any atom is 0.172 e. The van der Waals surface area contributed by atoms with E-state index in [9.17, 15) is 0 Å². The van der Waals surface area contributed by atoms with Crippen molar-refractivity contribution in [2.45, 2.75) is 83.3 Å². The fourth-order valence-corrected chi connectivity index (χ4v) is 4.78. The van der Waals surface area contributed by atoms with E-state index in [1.807, 2.05) is 6.07 Å². The number of piperidine rings is 1. The van der Waals surface area contributed by atoms with Crippen molar-refractivity contribution in [3.05, 3.63) is 48.0 Å². The van der Waals surface area contributed by atoms with Crippen LogP contribution in [0.5, 0.6) is 0 Å². The second-order valence-corrected chi connectivity index (χ2v) is 8.55. The van der Waals surface area contributed by atoms with E-state index < -0.39 is 5.79 Å². The molecule has 0 N–H and O–H groups in total. The van der Waals surface area contributed by atoms with Crippen LogP contribution < -0.4 is 0 Å². The molecule has 0 saturated carbocycles. The molecule has 4 nitrogen and oxygen atoms in total. The van der Waals surface area contributed by atoms with Crippen LogP contribution in [0.3, 0.4) is 0 Å². The van der Waals surface area contributed by atoms with Crippen molar-refractivity contribution in [3.63, 3.8) is 0 Å². The molecule has 2 aliphatic heterocycles. The number of benzene rings is 1. The summed E-state index contributed by atoms with van der Waals surface area (Å²) < 4.78 is 12.5. The third-order valence-corrected chi connectivity index (χ3v) is 6.18. The van der Waals surface area contributed by atoms with Crippen LogP contribution in [-0.4, -0.2) is 35.1 Å². The van der Waals surface area contributed by atoms with Gasteiger partial charge in [0, 0.05) is 18.4 Å². The summed E-state index contributed by atoms with van der Waals surface area (Å²) in [5.74, 6) is -0.547. The fraction of sp³-hybridized carbons (Fsp3) is 0.652. The maximum atomic E-state index is 6.66. The highest BCUT2D eigenvalue weighted by atomic mass is 16.7. The van der Waals surface area contributed by atoms with Crippen LogP contribution in [-0.2, 0) is 14.3 Å². The van der Waals surface area contributed by atoms with Gasteiger partial charge in [-0.15, -0.1) is 0 Å². The minimum atomic E-state index is -0.547. The second kappa shape index (κ2) is 8.04. The Bertz CT molecular complexity index is 626. The first-order chi connectivity index (χ1) is 12.9. The van der Waals surface area contributed by atoms with E-state index in [2.05, 4.69) is 76.1 Å². The van der Waals surface area contributed by atoms with Gasteiger partial charge in [0.1, 0.15) is 6.10 Å². The standard InChI is InChI=1S/C23H35NO3/c1-6-22(7-2)18-23(25-15-11-12-16-26-23)17-21(4,5)24(22)27-19(3)20-13-9-8-10-14-20/h8-14,19H,6-7,15-18H2,1-5H3. The lowest BCUT2D eigenvalue weighted by atomic mass is 9.73. The topological polar surface area (TPSA) is 30.9 Å². The summed E-state index contributed by atoms with van der Waals surface area (Å²) in [6.07, 6.45) is 7.68. The van der Waals surface area contributed by atoms with Crippen LogP contribution in [0, 0.1) is 0 Å². The van der Waals surface area contributed by atoms with Gasteiger partial charge >= 0.3 is 0 Å². The Morgan fingerprint density at radius 3 is 2.15 bits per heavy atom. The average molecular weight is 374 g/mol. The van der Waals surface area contributed by atoms with Crippen molar-refractivity contribution in [2.75, 3.05) is 13.2 Å². The van der Waals surface area contributed by atoms with Gasteiger partial charge in [0.25, 0.3) is 0 Å². The van der Waals surface area contributed by atoms with Crippen molar-refractivity contribution >= 4 is 0 Å². The molecule has 0 aromatic heterocycles. The molecule has 0 amide bonds. The molecule has 1 unspecified atom stereocenters. The molecule has 3 rings (SSSR count). The lowest BCUT2D eigenvalue weighted by Crippen LogP contribution is -2.68. The van der Waals surface area contributed by atoms with Crippen LogP contribution in [0.2, 0.25) is 0 Å². The van der Waals surface area contributed by atoms with Crippen LogP contribution in [0.15, 0.2) is 42.5 Å². The lowest BCUT2D eigenvalue weighted by molar-refractivity contribution is -0.371. The predicted molar refractivity (Wildman–Crippen MR) is 108 cm³/mol. The molecule has 1 spiro atoms. The highest BCUT2D eigenvalue weighted by molar-refractivity contribution is 5.17. The lowest BCUT2D eigenvalue weighted by Gasteiger charge is -2.59. The summed E-state index contributed by atoms with van der Waals surface area (Å²) in [7, 11) is 0. The van der Waals surface area contributed by atoms with Crippen molar-refractivity contribution in [1.82, 2.24) is 5.06 Å². The molecule has 1 aromatic rings. The Morgan fingerprint density at radius 1 is 1.00 bits per heavy atom. The van der Waals surface area contributed by atoms with Crippen LogP contribution >= 0.6 is 0 Å². The highest BCUT2D eigenvalue weighted by Crippen LogP contribution is 2.50. The number of hydrogen-bond acceptors (Lipinski definition) is 4. The fourth-order valence-electron chi connectivity index (χ4n) is 4.78. The van der Waals surface area contributed by atoms with E-state index in [4.69, 9.17) is 14.3 Å². The first-order valence-corrected chi connectivity index (χ1v) is 10.3. The van der Waals surface area contributed by atoms with E-state index in [0.717, 1.165) is 25.7 Å². The Balaban J connectivity index is 1.90. The summed E-state index contributed by atoms with van der Waals surface area (Å²) >= 11 is 0. The van der Waals surface area contributed by atoms with Gasteiger partial charge in [-0.2, -0.15) is 5.06 Å². The van der Waals surface area contributed by atoms with Crippen molar-refractivity contribution in [1.29, 1.82) is 0 Å². The van der Waals surface area contributed by atoms with Gasteiger partial charge in [0.05, 0.1) is 18.8 Å². The smallest absolute Gasteiger partial charge is 0.172 e. The third kappa shape index (κ3) is 4.14. The van der Waals surface area contributed by atoms with Crippen LogP contribution in [0.25, 0.3) is 0 Å². The largest absolute Gasteiger partial charge is 0.346 e. The molecular weight excluding hydrogens is 338 g/mol. The summed E-state index contributed by atoms with van der Waals surface area (Å²) in [5.41, 5.74) is 0.855. The molecule has 0 radical (unpaired) electrons. The number of hydrogen-bond donors (Lipinski definition) is 0. The Kier molecular flexibility index (Phi) is 6.11. The minimum Gasteiger partial charge on any atom is -0.346 e. The van der Waals surface area contributed by atoms with Crippen molar-refractivity contribution in [2.24, 2.45) is 0 Å². The molecule has 2 heterocycles. The summed E-state index contributed by atoms with van der Waals surface area (Å²) in [5, 5.41) is 2.27. The zero-order valence-corrected chi connectivity index (χ0v) is 17.5. The minimum absolute atomic E-state index is 0.00497. The number of nitrogens with zero attached hydrogens (tertiary/aromatic N) is 1. The van der Waals surface area contributed by atoms with E-state index in [1.165, 1.54) is 5.56 Å². The summed E-state index contributed by atoms with van der Waals surface area (Å²) in [4.78, 5) is 6.66. The molecular formula is C23H35NO3. The van der Waals surface area contributed by atoms with Gasteiger partial charge in [-0.3, -0.25) is 4.84 Å². The van der Waals surface area contributed by atoms with Gasteiger partial charge in [-0.25, -0.2) is 0 Å². The quantitative estimate of drug-likeness (QED) is 0.646. The molecule has 1 aromatic carbocycles. The van der Waals surface area contributed by atoms with E-state index in [1.54, 1.807) is 0 Å². The monoisotopic (exact) mass is 373 g/mol. The SMILES string of the molecule is CCC1(CC)CC2(CC(C)(C)N1OC(C)c1ccccc1)OCC=CCO2. The third-order valence-electron chi connectivity index (χ3n) is 6.18. The first kappa shape index (κ1) is 20.5. The average Bonchev–Trinajstić information content (AvgIpc) is 2.89. The van der Waals surface area contributed by atoms with E-state index in [-0.39, 0.29) is 17.2 Å². The molecule has 2 aliphatic rings. The molecule has 27 heavy (non-hydrogen) atoms. The molecule has 0 bridgehead atoms. The molecule has 4 heteroatoms. The summed E-state index contributed by atoms with van der Waals surface area (Å²) in [6.45, 7) is 12.3. The Morgan fingerprint density at radius 2 is 1.59 bits per heavy atom. The highest BCUT2D eigenvalue weighted by Gasteiger charge is 2.57. The Labute approximate surface area is 164 Å². The molecule has 1 saturated heterocycles. The second-order valence-electron chi connectivity index (χ2n) is 8.55. The van der Waals surface area contributed by atoms with Crippen molar-refractivity contribution < 1.29 is 14.3 Å². The molecule has 1 atom stereocenters. The molecule has 1 fully saturated rings. The van der Waals surface area contributed by atoms with Gasteiger partial charge in [-0.05, 0) is 39.2 Å². The number of rotatable bonds is 5. The first-order valence-electron chi connectivity index (χ1n) is 10.3. The maximum absolute atomic E-state index is 6.66. The van der Waals surface area contributed by atoms with Crippen LogP contribution in [0.1, 0.15) is 72.0 Å².